The van der Waals surface area contributed by atoms with Crippen molar-refractivity contribution < 1.29 is 14.3 Å². The summed E-state index contributed by atoms with van der Waals surface area (Å²) in [5.74, 6) is -0.305. The molecule has 4 nitrogen and oxygen atoms in total. The van der Waals surface area contributed by atoms with Crippen LogP contribution in [0.15, 0.2) is 35.2 Å². The fourth-order valence-electron chi connectivity index (χ4n) is 2.57. The molecule has 0 N–H and O–H groups in total. The molecule has 8 heteroatoms. The first-order chi connectivity index (χ1) is 14.6. The Morgan fingerprint density at radius 3 is 2.52 bits per heavy atom. The molecule has 0 spiro atoms. The van der Waals surface area contributed by atoms with Gasteiger partial charge in [-0.05, 0) is 31.9 Å². The van der Waals surface area contributed by atoms with E-state index in [-0.39, 0.29) is 19.0 Å². The second-order valence-corrected chi connectivity index (χ2v) is 18.1. The number of ether oxygens (including phenoxy) is 2. The van der Waals surface area contributed by atoms with Crippen molar-refractivity contribution in [1.29, 1.82) is 5.26 Å². The van der Waals surface area contributed by atoms with E-state index < -0.39 is 12.8 Å². The van der Waals surface area contributed by atoms with E-state index in [4.69, 9.17) is 21.7 Å². The summed E-state index contributed by atoms with van der Waals surface area (Å²) in [4.78, 5) is 13.1. The highest BCUT2D eigenvalue weighted by Crippen LogP contribution is 2.37. The molecule has 0 heterocycles. The van der Waals surface area contributed by atoms with Crippen LogP contribution in [0.4, 0.5) is 0 Å². The molecule has 1 atom stereocenters. The summed E-state index contributed by atoms with van der Waals surface area (Å²) >= 11 is 8.22. The van der Waals surface area contributed by atoms with Gasteiger partial charge in [0.05, 0.1) is 12.7 Å². The molecule has 1 aromatic carbocycles. The molecule has 0 aliphatic heterocycles. The minimum Gasteiger partial charge on any atom is -0.463 e. The van der Waals surface area contributed by atoms with Crippen LogP contribution in [0.3, 0.4) is 0 Å². The van der Waals surface area contributed by atoms with Gasteiger partial charge in [0.1, 0.15) is 14.9 Å². The SMILES string of the molecule is CC(C)[Si](C)(C)CCCOCCOC(=O)CCC(C)(C#N)SC(=S)Sc1ccccc1. The fourth-order valence-corrected chi connectivity index (χ4v) is 7.15. The van der Waals surface area contributed by atoms with Gasteiger partial charge in [-0.2, -0.15) is 5.26 Å². The number of carbonyl (C=O) groups is 1. The van der Waals surface area contributed by atoms with Crippen molar-refractivity contribution in [1.82, 2.24) is 0 Å². The summed E-state index contributed by atoms with van der Waals surface area (Å²) in [5, 5.41) is 9.59. The van der Waals surface area contributed by atoms with Gasteiger partial charge in [0.15, 0.2) is 0 Å². The molecule has 31 heavy (non-hydrogen) atoms. The van der Waals surface area contributed by atoms with Crippen molar-refractivity contribution in [2.24, 2.45) is 0 Å². The molecule has 0 bridgehead atoms. The average Bonchev–Trinajstić information content (AvgIpc) is 2.72. The molecule has 172 valence electrons. The second kappa shape index (κ2) is 14.3. The van der Waals surface area contributed by atoms with E-state index in [0.717, 1.165) is 16.9 Å². The van der Waals surface area contributed by atoms with Crippen molar-refractivity contribution in [2.75, 3.05) is 19.8 Å². The van der Waals surface area contributed by atoms with E-state index in [0.29, 0.717) is 23.2 Å². The van der Waals surface area contributed by atoms with Crippen LogP contribution in [0.2, 0.25) is 24.7 Å². The number of esters is 1. The zero-order valence-electron chi connectivity index (χ0n) is 19.3. The van der Waals surface area contributed by atoms with E-state index in [9.17, 15) is 10.1 Å². The number of rotatable bonds is 13. The highest BCUT2D eigenvalue weighted by Gasteiger charge is 2.28. The number of benzene rings is 1. The molecule has 1 aromatic rings. The van der Waals surface area contributed by atoms with Crippen molar-refractivity contribution >= 4 is 53.3 Å². The number of nitrogens with zero attached hydrogens (tertiary/aromatic N) is 1. The Hall–Kier alpha value is -0.853. The summed E-state index contributed by atoms with van der Waals surface area (Å²) in [5.41, 5.74) is 0.775. The average molecular weight is 498 g/mol. The third kappa shape index (κ3) is 12.1. The van der Waals surface area contributed by atoms with Gasteiger partial charge >= 0.3 is 5.97 Å². The zero-order chi connectivity index (χ0) is 23.3. The number of carbonyl (C=O) groups excluding carboxylic acids is 1. The molecule has 1 unspecified atom stereocenters. The predicted molar refractivity (Wildman–Crippen MR) is 140 cm³/mol. The van der Waals surface area contributed by atoms with Crippen LogP contribution in [0.1, 0.15) is 40.0 Å². The lowest BCUT2D eigenvalue weighted by Gasteiger charge is -2.26. The lowest BCUT2D eigenvalue weighted by molar-refractivity contribution is -0.145. The molecule has 0 aromatic heterocycles. The van der Waals surface area contributed by atoms with Crippen LogP contribution in [0.25, 0.3) is 0 Å². The predicted octanol–water partition coefficient (Wildman–Crippen LogP) is 6.93. The molecular formula is C23H35NO3S3Si. The monoisotopic (exact) mass is 497 g/mol. The fraction of sp³-hybridized carbons (Fsp3) is 0.609. The maximum atomic E-state index is 12.0. The van der Waals surface area contributed by atoms with Crippen LogP contribution in [-0.2, 0) is 14.3 Å². The van der Waals surface area contributed by atoms with Crippen LogP contribution < -0.4 is 0 Å². The molecule has 0 saturated carbocycles. The van der Waals surface area contributed by atoms with Crippen molar-refractivity contribution in [2.45, 2.75) is 74.4 Å². The first-order valence-electron chi connectivity index (χ1n) is 10.7. The summed E-state index contributed by atoms with van der Waals surface area (Å²) in [7, 11) is -1.14. The lowest BCUT2D eigenvalue weighted by Crippen LogP contribution is -2.29. The van der Waals surface area contributed by atoms with Gasteiger partial charge in [-0.25, -0.2) is 0 Å². The first-order valence-corrected chi connectivity index (χ1v) is 16.0. The van der Waals surface area contributed by atoms with Crippen molar-refractivity contribution in [3.05, 3.63) is 30.3 Å². The summed E-state index contributed by atoms with van der Waals surface area (Å²) in [6.07, 6.45) is 1.63. The zero-order valence-corrected chi connectivity index (χ0v) is 22.8. The first kappa shape index (κ1) is 28.2. The van der Waals surface area contributed by atoms with Gasteiger partial charge in [0.25, 0.3) is 0 Å². The van der Waals surface area contributed by atoms with Crippen LogP contribution in [0, 0.1) is 11.3 Å². The standard InChI is InChI=1S/C23H35NO3S3Si/c1-19(2)31(4,5)17-9-14-26-15-16-27-21(25)12-13-23(3,18-24)30-22(28)29-20-10-7-6-8-11-20/h6-8,10-11,19H,9,12-17H2,1-5H3. The Balaban J connectivity index is 2.23. The number of thioether (sulfide) groups is 2. The number of thiocarbonyl (C=S) groups is 1. The Kier molecular flexibility index (Phi) is 13.0. The largest absolute Gasteiger partial charge is 0.463 e. The Labute approximate surface area is 202 Å². The Morgan fingerprint density at radius 2 is 1.90 bits per heavy atom. The smallest absolute Gasteiger partial charge is 0.305 e. The quantitative estimate of drug-likeness (QED) is 0.0962. The molecule has 0 aliphatic rings. The van der Waals surface area contributed by atoms with Crippen LogP contribution in [0.5, 0.6) is 0 Å². The summed E-state index contributed by atoms with van der Waals surface area (Å²) < 4.78 is 10.8. The maximum Gasteiger partial charge on any atom is 0.305 e. The van der Waals surface area contributed by atoms with Gasteiger partial charge < -0.3 is 9.47 Å². The normalized spacial score (nSPS) is 13.5. The minimum absolute atomic E-state index is 0.184. The lowest BCUT2D eigenvalue weighted by atomic mass is 10.1. The van der Waals surface area contributed by atoms with E-state index >= 15 is 0 Å². The van der Waals surface area contributed by atoms with Gasteiger partial charge in [-0.15, -0.1) is 0 Å². The number of hydrogen-bond acceptors (Lipinski definition) is 7. The highest BCUT2D eigenvalue weighted by molar-refractivity contribution is 8.47. The van der Waals surface area contributed by atoms with Crippen molar-refractivity contribution in [3.8, 4) is 6.07 Å². The molecule has 0 aliphatic carbocycles. The van der Waals surface area contributed by atoms with E-state index in [1.165, 1.54) is 29.6 Å². The minimum atomic E-state index is -1.14. The van der Waals surface area contributed by atoms with Crippen LogP contribution >= 0.6 is 35.7 Å². The Bertz CT molecular complexity index is 737. The van der Waals surface area contributed by atoms with E-state index in [2.05, 4.69) is 33.0 Å². The summed E-state index contributed by atoms with van der Waals surface area (Å²) in [6, 6.07) is 13.4. The molecule has 0 saturated heterocycles. The Morgan fingerprint density at radius 1 is 1.23 bits per heavy atom. The van der Waals surface area contributed by atoms with Gasteiger partial charge in [-0.1, -0.05) is 92.5 Å². The number of nitriles is 1. The maximum absolute atomic E-state index is 12.0. The molecule has 0 radical (unpaired) electrons. The third-order valence-electron chi connectivity index (χ3n) is 5.46. The third-order valence-corrected chi connectivity index (χ3v) is 12.8. The molecular weight excluding hydrogens is 463 g/mol. The topological polar surface area (TPSA) is 59.3 Å². The van der Waals surface area contributed by atoms with E-state index in [1.807, 2.05) is 37.3 Å². The molecule has 0 fully saturated rings. The summed E-state index contributed by atoms with van der Waals surface area (Å²) in [6.45, 7) is 12.6. The molecule has 0 amide bonds. The van der Waals surface area contributed by atoms with Crippen molar-refractivity contribution in [3.63, 3.8) is 0 Å². The second-order valence-electron chi connectivity index (χ2n) is 8.69. The molecule has 1 rings (SSSR count). The van der Waals surface area contributed by atoms with Gasteiger partial charge in [0.2, 0.25) is 0 Å². The van der Waals surface area contributed by atoms with Crippen LogP contribution in [-0.4, -0.2) is 42.1 Å². The van der Waals surface area contributed by atoms with E-state index in [1.54, 1.807) is 0 Å². The number of hydrogen-bond donors (Lipinski definition) is 0. The van der Waals surface area contributed by atoms with Gasteiger partial charge in [-0.3, -0.25) is 4.79 Å². The van der Waals surface area contributed by atoms with Gasteiger partial charge in [0, 0.05) is 26.0 Å². The highest BCUT2D eigenvalue weighted by atomic mass is 32.2.